The van der Waals surface area contributed by atoms with Gasteiger partial charge in [-0.3, -0.25) is 13.9 Å². The predicted octanol–water partition coefficient (Wildman–Crippen LogP) is 4.21. The molecule has 28 heavy (non-hydrogen) atoms. The highest BCUT2D eigenvalue weighted by molar-refractivity contribution is 6.74. The average Bonchev–Trinajstić information content (AvgIpc) is 3.13. The van der Waals surface area contributed by atoms with Gasteiger partial charge in [-0.25, -0.2) is 15.0 Å². The molecular weight excluding hydrogens is 394 g/mol. The number of fused-ring (bicyclic) bond motifs is 1. The van der Waals surface area contributed by atoms with E-state index < -0.39 is 8.32 Å². The van der Waals surface area contributed by atoms with Crippen LogP contribution in [0, 0.1) is 0 Å². The summed E-state index contributed by atoms with van der Waals surface area (Å²) in [6.45, 7) is 13.4. The van der Waals surface area contributed by atoms with Gasteiger partial charge in [0.2, 0.25) is 0 Å². The number of hydrogen-bond donors (Lipinski definition) is 0. The lowest BCUT2D eigenvalue weighted by Crippen LogP contribution is -2.42. The summed E-state index contributed by atoms with van der Waals surface area (Å²) in [7, 11) is -1.90. The van der Waals surface area contributed by atoms with Gasteiger partial charge in [0.05, 0.1) is 24.4 Å². The van der Waals surface area contributed by atoms with Gasteiger partial charge in [0, 0.05) is 12.4 Å². The molecular formula is C19H26ClN5O2Si. The van der Waals surface area contributed by atoms with Gasteiger partial charge in [-0.05, 0) is 31.1 Å². The van der Waals surface area contributed by atoms with Crippen LogP contribution in [0.4, 0.5) is 0 Å². The van der Waals surface area contributed by atoms with Crippen molar-refractivity contribution in [2.45, 2.75) is 51.9 Å². The van der Waals surface area contributed by atoms with Crippen LogP contribution in [0.15, 0.2) is 35.9 Å². The lowest BCUT2D eigenvalue weighted by molar-refractivity contribution is 0.236. The molecule has 1 atom stereocenters. The molecule has 0 saturated heterocycles. The molecule has 0 aliphatic rings. The number of rotatable bonds is 5. The van der Waals surface area contributed by atoms with Gasteiger partial charge in [-0.2, -0.15) is 0 Å². The first-order valence-electron chi connectivity index (χ1n) is 9.21. The van der Waals surface area contributed by atoms with Gasteiger partial charge in [0.25, 0.3) is 5.56 Å². The fourth-order valence-electron chi connectivity index (χ4n) is 2.60. The molecule has 3 heterocycles. The van der Waals surface area contributed by atoms with Gasteiger partial charge in [0.15, 0.2) is 14.1 Å². The zero-order valence-electron chi connectivity index (χ0n) is 17.1. The summed E-state index contributed by atoms with van der Waals surface area (Å²) in [6, 6.07) is 1.41. The summed E-state index contributed by atoms with van der Waals surface area (Å²) in [6.07, 6.45) is 6.53. The number of halogens is 1. The smallest absolute Gasteiger partial charge is 0.261 e. The Labute approximate surface area is 170 Å². The van der Waals surface area contributed by atoms with E-state index in [-0.39, 0.29) is 21.8 Å². The Morgan fingerprint density at radius 1 is 1.29 bits per heavy atom. The van der Waals surface area contributed by atoms with Crippen LogP contribution < -0.4 is 5.56 Å². The molecule has 0 fully saturated rings. The van der Waals surface area contributed by atoms with Crippen LogP contribution >= 0.6 is 11.6 Å². The summed E-state index contributed by atoms with van der Waals surface area (Å²) in [5, 5.41) is 0.765. The first-order valence-corrected chi connectivity index (χ1v) is 12.5. The van der Waals surface area contributed by atoms with Crippen molar-refractivity contribution in [3.8, 4) is 5.82 Å². The first-order chi connectivity index (χ1) is 13.0. The molecule has 0 spiro atoms. The fourth-order valence-corrected chi connectivity index (χ4v) is 3.88. The SMILES string of the molecule is C[C@@H](CO[Si](C)(C)C(C)(C)C)n1cnc2c(-n3ccnc3)nc(Cl)cc2c1=O. The van der Waals surface area contributed by atoms with E-state index in [0.717, 1.165) is 0 Å². The van der Waals surface area contributed by atoms with Gasteiger partial charge in [-0.15, -0.1) is 0 Å². The third-order valence-electron chi connectivity index (χ3n) is 5.43. The standard InChI is InChI=1S/C19H26ClN5O2Si/c1-13(10-27-28(5,6)19(2,3)4)25-12-22-16-14(18(25)26)9-15(20)23-17(16)24-8-7-21-11-24/h7-9,11-13H,10H2,1-6H3/t13-/m0/s1. The van der Waals surface area contributed by atoms with Gasteiger partial charge < -0.3 is 4.43 Å². The Bertz CT molecular complexity index is 1040. The van der Waals surface area contributed by atoms with Crippen LogP contribution in [-0.2, 0) is 4.43 Å². The molecule has 0 N–H and O–H groups in total. The van der Waals surface area contributed by atoms with E-state index >= 15 is 0 Å². The third-order valence-corrected chi connectivity index (χ3v) is 10.1. The molecule has 0 saturated carbocycles. The van der Waals surface area contributed by atoms with Gasteiger partial charge >= 0.3 is 0 Å². The minimum Gasteiger partial charge on any atom is -0.415 e. The Morgan fingerprint density at radius 2 is 2.00 bits per heavy atom. The molecule has 0 aliphatic carbocycles. The second kappa shape index (κ2) is 7.42. The second-order valence-electron chi connectivity index (χ2n) is 8.51. The minimum absolute atomic E-state index is 0.109. The maximum atomic E-state index is 13.1. The molecule has 3 aromatic rings. The van der Waals surface area contributed by atoms with Crippen LogP contribution in [0.5, 0.6) is 0 Å². The second-order valence-corrected chi connectivity index (χ2v) is 13.7. The monoisotopic (exact) mass is 419 g/mol. The lowest BCUT2D eigenvalue weighted by atomic mass is 10.2. The van der Waals surface area contributed by atoms with Crippen molar-refractivity contribution in [3.63, 3.8) is 0 Å². The summed E-state index contributed by atoms with van der Waals surface area (Å²) in [5.41, 5.74) is 0.322. The Kier molecular flexibility index (Phi) is 5.48. The molecule has 9 heteroatoms. The zero-order valence-corrected chi connectivity index (χ0v) is 18.9. The molecule has 150 valence electrons. The number of nitrogens with zero attached hydrogens (tertiary/aromatic N) is 5. The average molecular weight is 420 g/mol. The molecule has 0 unspecified atom stereocenters. The quantitative estimate of drug-likeness (QED) is 0.457. The zero-order chi connectivity index (χ0) is 20.7. The van der Waals surface area contributed by atoms with Crippen molar-refractivity contribution in [1.82, 2.24) is 24.1 Å². The number of aromatic nitrogens is 5. The van der Waals surface area contributed by atoms with E-state index in [1.54, 1.807) is 40.2 Å². The Hall–Kier alpha value is -2.03. The van der Waals surface area contributed by atoms with Crippen molar-refractivity contribution < 1.29 is 4.43 Å². The normalized spacial score (nSPS) is 13.8. The first kappa shape index (κ1) is 20.7. The molecule has 0 aliphatic heterocycles. The van der Waals surface area contributed by atoms with Crippen LogP contribution in [0.1, 0.15) is 33.7 Å². The van der Waals surface area contributed by atoms with E-state index in [0.29, 0.717) is 23.3 Å². The maximum absolute atomic E-state index is 13.1. The molecule has 0 aromatic carbocycles. The third kappa shape index (κ3) is 3.90. The number of imidazole rings is 1. The highest BCUT2D eigenvalue weighted by Gasteiger charge is 2.37. The Morgan fingerprint density at radius 3 is 2.61 bits per heavy atom. The predicted molar refractivity (Wildman–Crippen MR) is 114 cm³/mol. The van der Waals surface area contributed by atoms with E-state index in [9.17, 15) is 4.79 Å². The number of pyridine rings is 1. The van der Waals surface area contributed by atoms with E-state index in [1.165, 1.54) is 0 Å². The number of hydrogen-bond acceptors (Lipinski definition) is 5. The van der Waals surface area contributed by atoms with Crippen molar-refractivity contribution in [2.24, 2.45) is 0 Å². The van der Waals surface area contributed by atoms with Crippen molar-refractivity contribution >= 4 is 30.8 Å². The molecule has 3 aromatic heterocycles. The summed E-state index contributed by atoms with van der Waals surface area (Å²) in [5.74, 6) is 0.481. The summed E-state index contributed by atoms with van der Waals surface area (Å²) in [4.78, 5) is 26.0. The Balaban J connectivity index is 1.98. The maximum Gasteiger partial charge on any atom is 0.261 e. The fraction of sp³-hybridized carbons (Fsp3) is 0.474. The van der Waals surface area contributed by atoms with Crippen molar-refractivity contribution in [2.75, 3.05) is 6.61 Å². The lowest BCUT2D eigenvalue weighted by Gasteiger charge is -2.37. The van der Waals surface area contributed by atoms with E-state index in [1.807, 2.05) is 6.92 Å². The minimum atomic E-state index is -1.90. The molecule has 3 rings (SSSR count). The van der Waals surface area contributed by atoms with Crippen LogP contribution in [0.25, 0.3) is 16.7 Å². The summed E-state index contributed by atoms with van der Waals surface area (Å²) >= 11 is 6.18. The molecule has 0 amide bonds. The van der Waals surface area contributed by atoms with E-state index in [2.05, 4.69) is 48.8 Å². The highest BCUT2D eigenvalue weighted by atomic mass is 35.5. The van der Waals surface area contributed by atoms with Gasteiger partial charge in [-0.1, -0.05) is 32.4 Å². The van der Waals surface area contributed by atoms with Crippen LogP contribution in [0.3, 0.4) is 0 Å². The highest BCUT2D eigenvalue weighted by Crippen LogP contribution is 2.36. The summed E-state index contributed by atoms with van der Waals surface area (Å²) < 4.78 is 9.57. The topological polar surface area (TPSA) is 74.8 Å². The van der Waals surface area contributed by atoms with Crippen molar-refractivity contribution in [1.29, 1.82) is 0 Å². The molecule has 7 nitrogen and oxygen atoms in total. The molecule has 0 bridgehead atoms. The van der Waals surface area contributed by atoms with Crippen LogP contribution in [0.2, 0.25) is 23.3 Å². The molecule has 0 radical (unpaired) electrons. The largest absolute Gasteiger partial charge is 0.415 e. The van der Waals surface area contributed by atoms with Crippen LogP contribution in [-0.4, -0.2) is 39.0 Å². The van der Waals surface area contributed by atoms with E-state index in [4.69, 9.17) is 16.0 Å². The van der Waals surface area contributed by atoms with Crippen molar-refractivity contribution in [3.05, 3.63) is 46.6 Å². The van der Waals surface area contributed by atoms with Gasteiger partial charge in [0.1, 0.15) is 17.0 Å².